The second-order valence-corrected chi connectivity index (χ2v) is 12.0. The summed E-state index contributed by atoms with van der Waals surface area (Å²) >= 11 is 4.13. The highest BCUT2D eigenvalue weighted by atomic mass is 32.1. The number of aryl methyl sites for hydroxylation is 1. The molecule has 0 aromatic heterocycles. The van der Waals surface area contributed by atoms with Crippen LogP contribution in [0.5, 0.6) is 5.75 Å². The van der Waals surface area contributed by atoms with Gasteiger partial charge in [0.1, 0.15) is 11.5 Å². The highest BCUT2D eigenvalue weighted by molar-refractivity contribution is 7.83. The molecular formula is C37H55N3O4S. The van der Waals surface area contributed by atoms with Crippen LogP contribution in [0.3, 0.4) is 0 Å². The van der Waals surface area contributed by atoms with E-state index in [2.05, 4.69) is 49.4 Å². The molecule has 8 heteroatoms. The molecule has 0 radical (unpaired) electrons. The van der Waals surface area contributed by atoms with Crippen LogP contribution in [0.15, 0.2) is 65.2 Å². The van der Waals surface area contributed by atoms with E-state index in [4.69, 9.17) is 0 Å². The second kappa shape index (κ2) is 23.0. The summed E-state index contributed by atoms with van der Waals surface area (Å²) in [5.74, 6) is 0.438. The third-order valence-corrected chi connectivity index (χ3v) is 7.66. The third kappa shape index (κ3) is 16.5. The van der Waals surface area contributed by atoms with Gasteiger partial charge in [-0.2, -0.15) is 12.6 Å². The van der Waals surface area contributed by atoms with E-state index in [0.717, 1.165) is 62.0 Å². The molecule has 248 valence electrons. The second-order valence-electron chi connectivity index (χ2n) is 11.7. The monoisotopic (exact) mass is 637 g/mol. The summed E-state index contributed by atoms with van der Waals surface area (Å²) in [6, 6.07) is 11.6. The SMILES string of the molecule is CC1CCNCC1.CCCCC(C)=O.CCCCC/C(C)=C(/C=C\S)NC(=O)c1ccc(NC(=O)c2ccccc2C)c(O)c1. The minimum atomic E-state index is -0.344. The van der Waals surface area contributed by atoms with Gasteiger partial charge in [-0.05, 0) is 119 Å². The summed E-state index contributed by atoms with van der Waals surface area (Å²) in [7, 11) is 0. The summed E-state index contributed by atoms with van der Waals surface area (Å²) in [6.07, 6.45) is 11.6. The topological polar surface area (TPSA) is 108 Å². The third-order valence-electron chi connectivity index (χ3n) is 7.51. The molecule has 0 bridgehead atoms. The molecule has 0 saturated carbocycles. The molecule has 45 heavy (non-hydrogen) atoms. The molecule has 4 N–H and O–H groups in total. The fourth-order valence-electron chi connectivity index (χ4n) is 4.52. The first-order valence-electron chi connectivity index (χ1n) is 16.3. The maximum Gasteiger partial charge on any atom is 0.256 e. The van der Waals surface area contributed by atoms with Gasteiger partial charge in [0.05, 0.1) is 5.69 Å². The average Bonchev–Trinajstić information content (AvgIpc) is 3.02. The van der Waals surface area contributed by atoms with Crippen LogP contribution in [-0.4, -0.2) is 35.8 Å². The van der Waals surface area contributed by atoms with E-state index in [0.29, 0.717) is 17.0 Å². The van der Waals surface area contributed by atoms with Crippen LogP contribution in [0.2, 0.25) is 0 Å². The van der Waals surface area contributed by atoms with Crippen LogP contribution in [0.1, 0.15) is 119 Å². The van der Waals surface area contributed by atoms with Gasteiger partial charge in [0.2, 0.25) is 0 Å². The minimum absolute atomic E-state index is 0.176. The smallest absolute Gasteiger partial charge is 0.256 e. The Morgan fingerprint density at radius 2 is 1.62 bits per heavy atom. The fourth-order valence-corrected chi connectivity index (χ4v) is 4.67. The lowest BCUT2D eigenvalue weighted by atomic mass is 10.0. The number of thiol groups is 1. The molecule has 1 saturated heterocycles. The number of ketones is 1. The first-order chi connectivity index (χ1) is 21.5. The minimum Gasteiger partial charge on any atom is -0.506 e. The number of unbranched alkanes of at least 4 members (excludes halogenated alkanes) is 3. The molecule has 3 rings (SSSR count). The van der Waals surface area contributed by atoms with Crippen LogP contribution in [0, 0.1) is 12.8 Å². The lowest BCUT2D eigenvalue weighted by Crippen LogP contribution is -2.26. The number of nitrogens with one attached hydrogen (secondary N) is 3. The summed E-state index contributed by atoms with van der Waals surface area (Å²) in [6.45, 7) is 14.5. The number of piperidine rings is 1. The lowest BCUT2D eigenvalue weighted by Gasteiger charge is -2.17. The molecule has 2 aromatic carbocycles. The van der Waals surface area contributed by atoms with E-state index in [-0.39, 0.29) is 28.8 Å². The van der Waals surface area contributed by atoms with Crippen LogP contribution >= 0.6 is 12.6 Å². The van der Waals surface area contributed by atoms with Crippen LogP contribution < -0.4 is 16.0 Å². The van der Waals surface area contributed by atoms with Crippen molar-refractivity contribution in [3.8, 4) is 5.75 Å². The predicted molar refractivity (Wildman–Crippen MR) is 191 cm³/mol. The van der Waals surface area contributed by atoms with Crippen molar-refractivity contribution in [3.05, 3.63) is 81.9 Å². The Labute approximate surface area is 276 Å². The van der Waals surface area contributed by atoms with Crippen molar-refractivity contribution in [1.29, 1.82) is 0 Å². The summed E-state index contributed by atoms with van der Waals surface area (Å²) < 4.78 is 0. The Hall–Kier alpha value is -3.36. The Morgan fingerprint density at radius 3 is 2.13 bits per heavy atom. The number of amides is 2. The largest absolute Gasteiger partial charge is 0.506 e. The fraction of sp³-hybridized carbons (Fsp3) is 0.486. The van der Waals surface area contributed by atoms with Crippen molar-refractivity contribution in [2.45, 2.75) is 99.3 Å². The quantitative estimate of drug-likeness (QED) is 0.0692. The van der Waals surface area contributed by atoms with Gasteiger partial charge in [0, 0.05) is 23.2 Å². The molecular weight excluding hydrogens is 582 g/mol. The van der Waals surface area contributed by atoms with Crippen molar-refractivity contribution in [2.24, 2.45) is 5.92 Å². The number of hydrogen-bond acceptors (Lipinski definition) is 6. The van der Waals surface area contributed by atoms with E-state index in [9.17, 15) is 19.5 Å². The van der Waals surface area contributed by atoms with Crippen molar-refractivity contribution in [3.63, 3.8) is 0 Å². The Morgan fingerprint density at radius 1 is 0.956 bits per heavy atom. The van der Waals surface area contributed by atoms with E-state index < -0.39 is 0 Å². The number of carbonyl (C=O) groups excluding carboxylic acids is 3. The molecule has 2 aromatic rings. The Bertz CT molecular complexity index is 1270. The number of Topliss-reactive ketones (excluding diaryl/α,β-unsaturated/α-hetero) is 1. The standard InChI is InChI=1S/C25H30N2O3S.C6H13N.C6H12O/c1-4-5-6-10-18(3)21(14-15-31)26-24(29)19-12-13-22(23(28)16-19)27-25(30)20-11-8-7-9-17(20)2;1-6-2-4-7-5-3-6;1-3-4-5-6(2)7/h7-9,11-16,28,31H,4-6,10H2,1-3H3,(H,26,29)(H,27,30);6-7H,2-5H2,1H3;3-5H2,1-2H3/b15-14-,21-18-;;. The van der Waals surface area contributed by atoms with Gasteiger partial charge < -0.3 is 25.9 Å². The van der Waals surface area contributed by atoms with Crippen molar-refractivity contribution < 1.29 is 19.5 Å². The van der Waals surface area contributed by atoms with Crippen molar-refractivity contribution in [1.82, 2.24) is 10.6 Å². The van der Waals surface area contributed by atoms with Gasteiger partial charge in [-0.25, -0.2) is 0 Å². The predicted octanol–water partition coefficient (Wildman–Crippen LogP) is 8.75. The van der Waals surface area contributed by atoms with Crippen LogP contribution in [0.25, 0.3) is 0 Å². The normalized spacial score (nSPS) is 13.5. The summed E-state index contributed by atoms with van der Waals surface area (Å²) in [5.41, 5.74) is 3.66. The Balaban J connectivity index is 0.000000591. The van der Waals surface area contributed by atoms with Gasteiger partial charge in [-0.15, -0.1) is 0 Å². The number of rotatable bonds is 12. The molecule has 1 aliphatic rings. The molecule has 0 atom stereocenters. The molecule has 0 aliphatic carbocycles. The number of carbonyl (C=O) groups is 3. The van der Waals surface area contributed by atoms with Crippen LogP contribution in [-0.2, 0) is 4.79 Å². The highest BCUT2D eigenvalue weighted by Crippen LogP contribution is 2.26. The summed E-state index contributed by atoms with van der Waals surface area (Å²) in [5, 5.41) is 20.8. The molecule has 0 unspecified atom stereocenters. The van der Waals surface area contributed by atoms with Gasteiger partial charge >= 0.3 is 0 Å². The Kier molecular flexibility index (Phi) is 20.3. The molecule has 0 spiro atoms. The van der Waals surface area contributed by atoms with E-state index in [1.807, 2.05) is 26.0 Å². The molecule has 1 heterocycles. The van der Waals surface area contributed by atoms with Gasteiger partial charge in [-0.1, -0.05) is 58.2 Å². The summed E-state index contributed by atoms with van der Waals surface area (Å²) in [4.78, 5) is 35.4. The maximum atomic E-state index is 12.7. The van der Waals surface area contributed by atoms with E-state index >= 15 is 0 Å². The number of allylic oxidation sites excluding steroid dienone is 2. The highest BCUT2D eigenvalue weighted by Gasteiger charge is 2.14. The average molecular weight is 638 g/mol. The zero-order valence-electron chi connectivity index (χ0n) is 28.2. The van der Waals surface area contributed by atoms with Crippen molar-refractivity contribution in [2.75, 3.05) is 18.4 Å². The van der Waals surface area contributed by atoms with Crippen LogP contribution in [0.4, 0.5) is 5.69 Å². The molecule has 2 amide bonds. The first-order valence-corrected chi connectivity index (χ1v) is 16.8. The molecule has 1 fully saturated rings. The number of phenols is 1. The van der Waals surface area contributed by atoms with Crippen molar-refractivity contribution >= 4 is 35.9 Å². The van der Waals surface area contributed by atoms with E-state index in [1.165, 1.54) is 38.1 Å². The first kappa shape index (κ1) is 39.7. The maximum absolute atomic E-state index is 12.7. The zero-order chi connectivity index (χ0) is 33.6. The zero-order valence-corrected chi connectivity index (χ0v) is 29.1. The number of anilines is 1. The number of benzene rings is 2. The molecule has 7 nitrogen and oxygen atoms in total. The lowest BCUT2D eigenvalue weighted by molar-refractivity contribution is -0.117. The van der Waals surface area contributed by atoms with Gasteiger partial charge in [0.15, 0.2) is 0 Å². The van der Waals surface area contributed by atoms with E-state index in [1.54, 1.807) is 36.6 Å². The number of phenolic OH excluding ortho intramolecular Hbond substituents is 1. The number of hydrogen-bond donors (Lipinski definition) is 5. The molecule has 1 aliphatic heterocycles. The van der Waals surface area contributed by atoms with Gasteiger partial charge in [0.25, 0.3) is 11.8 Å². The van der Waals surface area contributed by atoms with Gasteiger partial charge in [-0.3, -0.25) is 9.59 Å². The number of aromatic hydroxyl groups is 1.